The van der Waals surface area contributed by atoms with Crippen molar-refractivity contribution in [3.8, 4) is 0 Å². The zero-order valence-corrected chi connectivity index (χ0v) is 11.7. The molecule has 0 spiro atoms. The largest absolute Gasteiger partial charge is 0.345 e. The summed E-state index contributed by atoms with van der Waals surface area (Å²) in [6.07, 6.45) is 1.22. The Morgan fingerprint density at radius 1 is 1.33 bits per heavy atom. The summed E-state index contributed by atoms with van der Waals surface area (Å²) < 4.78 is 24.3. The molecular formula is C11H9Cl2NO3S. The molecular weight excluding hydrogens is 297 g/mol. The molecule has 1 aromatic carbocycles. The molecule has 0 atom stereocenters. The number of aryl methyl sites for hydroxylation is 1. The first-order chi connectivity index (χ1) is 8.36. The van der Waals surface area contributed by atoms with Crippen molar-refractivity contribution in [2.45, 2.75) is 18.4 Å². The molecule has 1 heterocycles. The number of halogens is 2. The van der Waals surface area contributed by atoms with Gasteiger partial charge in [0.2, 0.25) is 5.43 Å². The molecule has 96 valence electrons. The average Bonchev–Trinajstić information content (AvgIpc) is 2.29. The van der Waals surface area contributed by atoms with Crippen molar-refractivity contribution >= 4 is 42.2 Å². The summed E-state index contributed by atoms with van der Waals surface area (Å²) in [5.74, 6) is 0. The minimum atomic E-state index is -4.07. The summed E-state index contributed by atoms with van der Waals surface area (Å²) >= 11 is 6.04. The highest BCUT2D eigenvalue weighted by Crippen LogP contribution is 2.23. The third kappa shape index (κ3) is 2.13. The molecule has 0 aliphatic rings. The van der Waals surface area contributed by atoms with Gasteiger partial charge in [0, 0.05) is 28.8 Å². The number of fused-ring (bicyclic) bond motifs is 1. The lowest BCUT2D eigenvalue weighted by atomic mass is 10.2. The van der Waals surface area contributed by atoms with Gasteiger partial charge in [-0.05, 0) is 19.1 Å². The number of hydrogen-bond acceptors (Lipinski definition) is 3. The smallest absolute Gasteiger partial charge is 0.266 e. The van der Waals surface area contributed by atoms with Crippen LogP contribution in [0.2, 0.25) is 5.02 Å². The van der Waals surface area contributed by atoms with Gasteiger partial charge in [-0.3, -0.25) is 4.79 Å². The van der Waals surface area contributed by atoms with E-state index in [-0.39, 0.29) is 5.39 Å². The second-order valence-corrected chi connectivity index (χ2v) is 6.62. The minimum Gasteiger partial charge on any atom is -0.345 e. The van der Waals surface area contributed by atoms with E-state index in [9.17, 15) is 13.2 Å². The molecule has 18 heavy (non-hydrogen) atoms. The van der Waals surface area contributed by atoms with Crippen LogP contribution < -0.4 is 5.43 Å². The first-order valence-corrected chi connectivity index (χ1v) is 7.81. The van der Waals surface area contributed by atoms with Crippen molar-refractivity contribution < 1.29 is 8.42 Å². The van der Waals surface area contributed by atoms with E-state index in [2.05, 4.69) is 0 Å². The number of hydrogen-bond donors (Lipinski definition) is 0. The molecule has 0 radical (unpaired) electrons. The zero-order valence-electron chi connectivity index (χ0n) is 9.35. The van der Waals surface area contributed by atoms with Crippen LogP contribution in [0.5, 0.6) is 0 Å². The number of pyridine rings is 1. The van der Waals surface area contributed by atoms with E-state index in [1.165, 1.54) is 12.3 Å². The van der Waals surface area contributed by atoms with Gasteiger partial charge in [0.15, 0.2) is 0 Å². The Morgan fingerprint density at radius 3 is 2.56 bits per heavy atom. The van der Waals surface area contributed by atoms with E-state index < -0.39 is 19.4 Å². The molecule has 0 saturated heterocycles. The van der Waals surface area contributed by atoms with Crippen LogP contribution in [-0.2, 0) is 15.6 Å². The van der Waals surface area contributed by atoms with Crippen molar-refractivity contribution in [1.82, 2.24) is 4.57 Å². The molecule has 0 saturated carbocycles. The Morgan fingerprint density at radius 2 is 2.00 bits per heavy atom. The second-order valence-electron chi connectivity index (χ2n) is 3.68. The van der Waals surface area contributed by atoms with Crippen molar-refractivity contribution in [3.63, 3.8) is 0 Å². The summed E-state index contributed by atoms with van der Waals surface area (Å²) in [5.41, 5.74) is -0.122. The maximum atomic E-state index is 12.1. The highest BCUT2D eigenvalue weighted by atomic mass is 35.7. The minimum absolute atomic E-state index is 0.242. The van der Waals surface area contributed by atoms with Gasteiger partial charge in [-0.15, -0.1) is 0 Å². The Kier molecular flexibility index (Phi) is 3.40. The molecule has 1 aromatic heterocycles. The summed E-state index contributed by atoms with van der Waals surface area (Å²) in [6, 6.07) is 4.77. The van der Waals surface area contributed by atoms with Gasteiger partial charge in [0.25, 0.3) is 9.05 Å². The fraction of sp³-hybridized carbons (Fsp3) is 0.182. The van der Waals surface area contributed by atoms with Crippen LogP contribution in [0, 0.1) is 0 Å². The molecule has 0 fully saturated rings. The van der Waals surface area contributed by atoms with Gasteiger partial charge in [-0.25, -0.2) is 8.42 Å². The predicted molar refractivity (Wildman–Crippen MR) is 71.9 cm³/mol. The number of nitrogens with zero attached hydrogens (tertiary/aromatic N) is 1. The molecule has 0 unspecified atom stereocenters. The lowest BCUT2D eigenvalue weighted by Gasteiger charge is -2.11. The SMILES string of the molecule is CCn1cc(S(=O)(=O)Cl)c(=O)c2cccc(Cl)c21. The Balaban J connectivity index is 3.07. The van der Waals surface area contributed by atoms with Gasteiger partial charge in [-0.1, -0.05) is 17.7 Å². The Labute approximate surface area is 113 Å². The highest BCUT2D eigenvalue weighted by molar-refractivity contribution is 8.13. The molecule has 2 rings (SSSR count). The summed E-state index contributed by atoms with van der Waals surface area (Å²) in [5, 5.41) is 0.635. The van der Waals surface area contributed by atoms with E-state index in [0.717, 1.165) is 0 Å². The second kappa shape index (κ2) is 4.57. The van der Waals surface area contributed by atoms with Crippen molar-refractivity contribution in [1.29, 1.82) is 0 Å². The fourth-order valence-electron chi connectivity index (χ4n) is 1.81. The molecule has 0 aliphatic carbocycles. The molecule has 4 nitrogen and oxygen atoms in total. The fourth-order valence-corrected chi connectivity index (χ4v) is 3.01. The summed E-state index contributed by atoms with van der Waals surface area (Å²) in [7, 11) is 1.18. The first-order valence-electron chi connectivity index (χ1n) is 5.12. The van der Waals surface area contributed by atoms with Gasteiger partial charge in [0.1, 0.15) is 4.90 Å². The number of rotatable bonds is 2. The molecule has 0 N–H and O–H groups in total. The maximum absolute atomic E-state index is 12.1. The molecule has 2 aromatic rings. The molecule has 7 heteroatoms. The third-order valence-corrected chi connectivity index (χ3v) is 4.24. The lowest BCUT2D eigenvalue weighted by Crippen LogP contribution is -2.16. The standard InChI is InChI=1S/C11H9Cl2NO3S/c1-2-14-6-9(18(13,16)17)11(15)7-4-3-5-8(12)10(7)14/h3-6H,2H2,1H3. The van der Waals surface area contributed by atoms with Crippen molar-refractivity contribution in [3.05, 3.63) is 39.6 Å². The van der Waals surface area contributed by atoms with E-state index in [1.54, 1.807) is 16.7 Å². The van der Waals surface area contributed by atoms with Crippen LogP contribution in [0.3, 0.4) is 0 Å². The Bertz CT molecular complexity index is 781. The number of benzene rings is 1. The Hall–Kier alpha value is -1.04. The topological polar surface area (TPSA) is 56.1 Å². The summed E-state index contributed by atoms with van der Waals surface area (Å²) in [6.45, 7) is 2.29. The highest BCUT2D eigenvalue weighted by Gasteiger charge is 2.19. The predicted octanol–water partition coefficient (Wildman–Crippen LogP) is 2.60. The van der Waals surface area contributed by atoms with E-state index in [0.29, 0.717) is 17.1 Å². The van der Waals surface area contributed by atoms with E-state index in [4.69, 9.17) is 22.3 Å². The third-order valence-electron chi connectivity index (χ3n) is 2.62. The van der Waals surface area contributed by atoms with Crippen molar-refractivity contribution in [2.75, 3.05) is 0 Å². The first kappa shape index (κ1) is 13.4. The van der Waals surface area contributed by atoms with Gasteiger partial charge in [-0.2, -0.15) is 0 Å². The number of para-hydroxylation sites is 1. The van der Waals surface area contributed by atoms with E-state index >= 15 is 0 Å². The lowest BCUT2D eigenvalue weighted by molar-refractivity contribution is 0.607. The van der Waals surface area contributed by atoms with Gasteiger partial charge < -0.3 is 4.57 Å². The van der Waals surface area contributed by atoms with Crippen LogP contribution in [0.25, 0.3) is 10.9 Å². The van der Waals surface area contributed by atoms with Gasteiger partial charge >= 0.3 is 0 Å². The van der Waals surface area contributed by atoms with Crippen LogP contribution in [-0.4, -0.2) is 13.0 Å². The zero-order chi connectivity index (χ0) is 13.5. The molecule has 0 bridgehead atoms. The van der Waals surface area contributed by atoms with Crippen molar-refractivity contribution in [2.24, 2.45) is 0 Å². The maximum Gasteiger partial charge on any atom is 0.266 e. The van der Waals surface area contributed by atoms with Crippen LogP contribution in [0.15, 0.2) is 34.1 Å². The number of aromatic nitrogens is 1. The van der Waals surface area contributed by atoms with Crippen LogP contribution in [0.1, 0.15) is 6.92 Å². The normalized spacial score (nSPS) is 11.9. The quantitative estimate of drug-likeness (QED) is 0.801. The average molecular weight is 306 g/mol. The summed E-state index contributed by atoms with van der Waals surface area (Å²) in [4.78, 5) is 11.6. The monoisotopic (exact) mass is 305 g/mol. The molecule has 0 aliphatic heterocycles. The van der Waals surface area contributed by atoms with Crippen LogP contribution >= 0.6 is 22.3 Å². The van der Waals surface area contributed by atoms with Crippen LogP contribution in [0.4, 0.5) is 0 Å². The molecule has 0 amide bonds. The van der Waals surface area contributed by atoms with E-state index in [1.807, 2.05) is 6.92 Å². The van der Waals surface area contributed by atoms with Gasteiger partial charge in [0.05, 0.1) is 10.5 Å².